The van der Waals surface area contributed by atoms with E-state index in [4.69, 9.17) is 0 Å². The molecule has 1 atom stereocenters. The van der Waals surface area contributed by atoms with Crippen LogP contribution < -0.4 is 4.90 Å². The van der Waals surface area contributed by atoms with E-state index >= 15 is 0 Å². The first-order valence-corrected chi connectivity index (χ1v) is 6.09. The minimum atomic E-state index is -0.464. The number of ether oxygens (including phenoxy) is 1. The summed E-state index contributed by atoms with van der Waals surface area (Å²) < 4.78 is 4.64. The number of rotatable bonds is 5. The molecule has 5 heteroatoms. The van der Waals surface area contributed by atoms with E-state index in [1.54, 1.807) is 6.20 Å². The fraction of sp³-hybridized carbons (Fsp3) is 0.615. The van der Waals surface area contributed by atoms with Gasteiger partial charge in [0.25, 0.3) is 0 Å². The molecule has 5 nitrogen and oxygen atoms in total. The first-order chi connectivity index (χ1) is 8.45. The monoisotopic (exact) mass is 251 g/mol. The highest BCUT2D eigenvalue weighted by atomic mass is 16.5. The van der Waals surface area contributed by atoms with Gasteiger partial charge in [-0.3, -0.25) is 4.98 Å². The molecule has 1 heterocycles. The van der Waals surface area contributed by atoms with E-state index in [1.807, 2.05) is 11.9 Å². The summed E-state index contributed by atoms with van der Waals surface area (Å²) in [6, 6.07) is 0.340. The Morgan fingerprint density at radius 3 is 2.61 bits per heavy atom. The van der Waals surface area contributed by atoms with Crippen molar-refractivity contribution in [2.45, 2.75) is 33.2 Å². The Morgan fingerprint density at radius 2 is 2.06 bits per heavy atom. The van der Waals surface area contributed by atoms with Crippen molar-refractivity contribution in [3.63, 3.8) is 0 Å². The number of carbonyl (C=O) groups is 1. The summed E-state index contributed by atoms with van der Waals surface area (Å²) in [5, 5.41) is 0. The van der Waals surface area contributed by atoms with E-state index in [2.05, 4.69) is 35.5 Å². The van der Waals surface area contributed by atoms with E-state index in [0.717, 1.165) is 6.42 Å². The zero-order valence-corrected chi connectivity index (χ0v) is 11.7. The van der Waals surface area contributed by atoms with Crippen molar-refractivity contribution in [1.29, 1.82) is 0 Å². The third kappa shape index (κ3) is 3.68. The van der Waals surface area contributed by atoms with Crippen LogP contribution in [0.5, 0.6) is 0 Å². The van der Waals surface area contributed by atoms with E-state index in [0.29, 0.717) is 17.8 Å². The molecular weight excluding hydrogens is 230 g/mol. The van der Waals surface area contributed by atoms with Crippen molar-refractivity contribution in [3.05, 3.63) is 18.1 Å². The topological polar surface area (TPSA) is 55.3 Å². The average molecular weight is 251 g/mol. The highest BCUT2D eigenvalue weighted by Crippen LogP contribution is 2.16. The Balaban J connectivity index is 2.85. The highest BCUT2D eigenvalue weighted by molar-refractivity contribution is 5.87. The Bertz CT molecular complexity index is 407. The molecule has 1 unspecified atom stereocenters. The molecule has 0 aliphatic carbocycles. The van der Waals surface area contributed by atoms with Gasteiger partial charge in [-0.15, -0.1) is 0 Å². The largest absolute Gasteiger partial charge is 0.464 e. The van der Waals surface area contributed by atoms with Crippen molar-refractivity contribution < 1.29 is 9.53 Å². The molecule has 0 bridgehead atoms. The van der Waals surface area contributed by atoms with Crippen LogP contribution in [0, 0.1) is 5.92 Å². The molecule has 0 saturated carbocycles. The van der Waals surface area contributed by atoms with E-state index in [9.17, 15) is 4.79 Å². The second-order valence-corrected chi connectivity index (χ2v) is 4.84. The summed E-state index contributed by atoms with van der Waals surface area (Å²) in [6.07, 6.45) is 4.13. The first kappa shape index (κ1) is 14.4. The van der Waals surface area contributed by atoms with Crippen molar-refractivity contribution in [2.75, 3.05) is 19.1 Å². The lowest BCUT2D eigenvalue weighted by atomic mass is 10.0. The van der Waals surface area contributed by atoms with Gasteiger partial charge in [0, 0.05) is 13.1 Å². The molecule has 0 N–H and O–H groups in total. The quantitative estimate of drug-likeness (QED) is 0.750. The molecular formula is C13H21N3O2. The maximum atomic E-state index is 11.4. The summed E-state index contributed by atoms with van der Waals surface area (Å²) in [7, 11) is 3.29. The summed E-state index contributed by atoms with van der Waals surface area (Å²) in [5.74, 6) is 0.833. The fourth-order valence-corrected chi connectivity index (χ4v) is 1.79. The van der Waals surface area contributed by atoms with Gasteiger partial charge in [-0.25, -0.2) is 9.78 Å². The number of nitrogens with zero attached hydrogens (tertiary/aromatic N) is 3. The van der Waals surface area contributed by atoms with Gasteiger partial charge in [0.2, 0.25) is 0 Å². The average Bonchev–Trinajstić information content (AvgIpc) is 2.36. The van der Waals surface area contributed by atoms with Gasteiger partial charge >= 0.3 is 5.97 Å². The van der Waals surface area contributed by atoms with E-state index in [-0.39, 0.29) is 5.69 Å². The SMILES string of the molecule is COC(=O)c1cncc(N(C)C(C)CC(C)C)n1. The van der Waals surface area contributed by atoms with E-state index in [1.165, 1.54) is 13.3 Å². The van der Waals surface area contributed by atoms with Crippen LogP contribution in [0.2, 0.25) is 0 Å². The van der Waals surface area contributed by atoms with E-state index < -0.39 is 5.97 Å². The van der Waals surface area contributed by atoms with Crippen molar-refractivity contribution >= 4 is 11.8 Å². The minimum Gasteiger partial charge on any atom is -0.464 e. The number of esters is 1. The van der Waals surface area contributed by atoms with Crippen LogP contribution in [0.3, 0.4) is 0 Å². The summed E-state index contributed by atoms with van der Waals surface area (Å²) in [6.45, 7) is 6.49. The molecule has 1 rings (SSSR count). The Morgan fingerprint density at radius 1 is 1.39 bits per heavy atom. The third-order valence-electron chi connectivity index (χ3n) is 2.85. The molecule has 0 spiro atoms. The van der Waals surface area contributed by atoms with Gasteiger partial charge < -0.3 is 9.64 Å². The smallest absolute Gasteiger partial charge is 0.358 e. The highest BCUT2D eigenvalue weighted by Gasteiger charge is 2.15. The molecule has 18 heavy (non-hydrogen) atoms. The lowest BCUT2D eigenvalue weighted by Gasteiger charge is -2.27. The maximum Gasteiger partial charge on any atom is 0.358 e. The minimum absolute atomic E-state index is 0.235. The second-order valence-electron chi connectivity index (χ2n) is 4.84. The Hall–Kier alpha value is -1.65. The maximum absolute atomic E-state index is 11.4. The number of hydrogen-bond donors (Lipinski definition) is 0. The van der Waals surface area contributed by atoms with Crippen LogP contribution in [0.4, 0.5) is 5.82 Å². The van der Waals surface area contributed by atoms with Gasteiger partial charge in [0.05, 0.1) is 19.5 Å². The summed E-state index contributed by atoms with van der Waals surface area (Å²) >= 11 is 0. The standard InChI is InChI=1S/C13H21N3O2/c1-9(2)6-10(3)16(4)12-8-14-7-11(15-12)13(17)18-5/h7-10H,6H2,1-5H3. The van der Waals surface area contributed by atoms with Crippen molar-refractivity contribution in [3.8, 4) is 0 Å². The molecule has 0 radical (unpaired) electrons. The van der Waals surface area contributed by atoms with Crippen LogP contribution in [-0.4, -0.2) is 36.1 Å². The molecule has 0 fully saturated rings. The zero-order chi connectivity index (χ0) is 13.7. The van der Waals surface area contributed by atoms with Crippen LogP contribution >= 0.6 is 0 Å². The van der Waals surface area contributed by atoms with Crippen molar-refractivity contribution in [2.24, 2.45) is 5.92 Å². The van der Waals surface area contributed by atoms with Crippen LogP contribution in [0.25, 0.3) is 0 Å². The van der Waals surface area contributed by atoms with Crippen molar-refractivity contribution in [1.82, 2.24) is 9.97 Å². The predicted molar refractivity (Wildman–Crippen MR) is 70.7 cm³/mol. The first-order valence-electron chi connectivity index (χ1n) is 6.09. The number of anilines is 1. The van der Waals surface area contributed by atoms with Gasteiger partial charge in [0.1, 0.15) is 5.82 Å². The van der Waals surface area contributed by atoms with Gasteiger partial charge in [-0.1, -0.05) is 13.8 Å². The van der Waals surface area contributed by atoms with Gasteiger partial charge in [-0.2, -0.15) is 0 Å². The summed E-state index contributed by atoms with van der Waals surface area (Å²) in [5.41, 5.74) is 0.235. The molecule has 1 aromatic rings. The molecule has 100 valence electrons. The normalized spacial score (nSPS) is 12.3. The number of methoxy groups -OCH3 is 1. The molecule has 0 aromatic carbocycles. The fourth-order valence-electron chi connectivity index (χ4n) is 1.79. The van der Waals surface area contributed by atoms with Gasteiger partial charge in [-0.05, 0) is 19.3 Å². The second kappa shape index (κ2) is 6.33. The third-order valence-corrected chi connectivity index (χ3v) is 2.85. The molecule has 0 saturated heterocycles. The predicted octanol–water partition coefficient (Wildman–Crippen LogP) is 2.13. The summed E-state index contributed by atoms with van der Waals surface area (Å²) in [4.78, 5) is 21.7. The molecule has 0 amide bonds. The number of carbonyl (C=O) groups excluding carboxylic acids is 1. The van der Waals surface area contributed by atoms with Crippen LogP contribution in [0.1, 0.15) is 37.7 Å². The lowest BCUT2D eigenvalue weighted by molar-refractivity contribution is 0.0593. The van der Waals surface area contributed by atoms with Crippen LogP contribution in [-0.2, 0) is 4.74 Å². The molecule has 1 aromatic heterocycles. The Labute approximate surface area is 108 Å². The Kier molecular flexibility index (Phi) is 5.07. The molecule has 0 aliphatic rings. The zero-order valence-electron chi connectivity index (χ0n) is 11.7. The molecule has 0 aliphatic heterocycles. The number of aromatic nitrogens is 2. The van der Waals surface area contributed by atoms with Crippen LogP contribution in [0.15, 0.2) is 12.4 Å². The number of hydrogen-bond acceptors (Lipinski definition) is 5. The lowest BCUT2D eigenvalue weighted by Crippen LogP contribution is -2.31. The van der Waals surface area contributed by atoms with Gasteiger partial charge in [0.15, 0.2) is 5.69 Å².